The summed E-state index contributed by atoms with van der Waals surface area (Å²) in [5, 5.41) is 15.9. The Bertz CT molecular complexity index is 2990. The van der Waals surface area contributed by atoms with Gasteiger partial charge in [-0.05, 0) is 116 Å². The third kappa shape index (κ3) is 16.6. The largest absolute Gasteiger partial charge is 0.351 e. The zero-order valence-electron chi connectivity index (χ0n) is 42.3. The summed E-state index contributed by atoms with van der Waals surface area (Å²) in [6.07, 6.45) is 12.8. The van der Waals surface area contributed by atoms with Crippen molar-refractivity contribution in [2.24, 2.45) is 0 Å². The van der Waals surface area contributed by atoms with Crippen molar-refractivity contribution in [2.75, 3.05) is 73.4 Å². The Morgan fingerprint density at radius 3 is 1.37 bits per heavy atom. The Morgan fingerprint density at radius 1 is 0.640 bits per heavy atom. The number of hydrogen-bond acceptors (Lipinski definition) is 15. The Hall–Kier alpha value is -5.87. The van der Waals surface area contributed by atoms with E-state index in [4.69, 9.17) is 23.2 Å². The molecular weight excluding hydrogens is 1120 g/mol. The number of alkyl halides is 1. The molecule has 4 N–H and O–H groups in total. The van der Waals surface area contributed by atoms with Gasteiger partial charge >= 0.3 is 0 Å². The van der Waals surface area contributed by atoms with Crippen LogP contribution in [0.25, 0.3) is 21.1 Å². The van der Waals surface area contributed by atoms with Crippen LogP contribution in [0.4, 0.5) is 23.3 Å². The van der Waals surface area contributed by atoms with Crippen LogP contribution < -0.4 is 21.3 Å². The summed E-state index contributed by atoms with van der Waals surface area (Å²) in [4.78, 5) is 84.4. The van der Waals surface area contributed by atoms with Crippen molar-refractivity contribution in [2.45, 2.75) is 65.5 Å². The molecule has 2 aliphatic rings. The van der Waals surface area contributed by atoms with Crippen LogP contribution in [0.3, 0.4) is 0 Å². The van der Waals surface area contributed by atoms with Crippen molar-refractivity contribution in [3.05, 3.63) is 128 Å². The van der Waals surface area contributed by atoms with Gasteiger partial charge in [0.15, 0.2) is 0 Å². The number of aryl methyl sites for hydroxylation is 4. The van der Waals surface area contributed by atoms with Crippen molar-refractivity contribution in [1.29, 1.82) is 0 Å². The highest BCUT2D eigenvalue weighted by Gasteiger charge is 2.27. The summed E-state index contributed by atoms with van der Waals surface area (Å²) < 4.78 is 0. The van der Waals surface area contributed by atoms with Crippen molar-refractivity contribution in [3.63, 3.8) is 0 Å². The number of likely N-dealkylation sites (N-methyl/N-ethyl adjacent to an activating group) is 1. The fraction of sp³-hybridized carbons (Fsp3) is 0.346. The second kappa shape index (κ2) is 27.8. The minimum atomic E-state index is -0.211. The number of carbonyl (C=O) groups is 4. The predicted octanol–water partition coefficient (Wildman–Crippen LogP) is 10.5. The highest BCUT2D eigenvalue weighted by atomic mass is 79.9. The van der Waals surface area contributed by atoms with Gasteiger partial charge in [0.25, 0.3) is 11.8 Å². The average molecular weight is 1180 g/mol. The van der Waals surface area contributed by atoms with Crippen LogP contribution in [-0.4, -0.2) is 132 Å². The van der Waals surface area contributed by atoms with Gasteiger partial charge in [-0.2, -0.15) is 0 Å². The van der Waals surface area contributed by atoms with E-state index in [1.807, 2.05) is 56.5 Å². The Labute approximate surface area is 469 Å². The van der Waals surface area contributed by atoms with Gasteiger partial charge in [0.05, 0.1) is 53.6 Å². The summed E-state index contributed by atoms with van der Waals surface area (Å²) in [7, 11) is 3.87. The molecule has 0 saturated carbocycles. The third-order valence-electron chi connectivity index (χ3n) is 11.9. The highest BCUT2D eigenvalue weighted by molar-refractivity contribution is 9.09. The van der Waals surface area contributed by atoms with E-state index >= 15 is 0 Å². The minimum Gasteiger partial charge on any atom is -0.351 e. The molecule has 2 fully saturated rings. The monoisotopic (exact) mass is 1180 g/mol. The molecule has 23 heteroatoms. The molecule has 4 amide bonds. The summed E-state index contributed by atoms with van der Waals surface area (Å²) in [5.41, 5.74) is 5.65. The van der Waals surface area contributed by atoms with Crippen molar-refractivity contribution < 1.29 is 19.2 Å². The van der Waals surface area contributed by atoms with Gasteiger partial charge in [-0.15, -0.1) is 35.1 Å². The highest BCUT2D eigenvalue weighted by Crippen LogP contribution is 2.35. The van der Waals surface area contributed by atoms with Gasteiger partial charge in [-0.25, -0.2) is 29.9 Å². The lowest BCUT2D eigenvalue weighted by atomic mass is 10.0. The lowest BCUT2D eigenvalue weighted by molar-refractivity contribution is -0.112. The standard InChI is InChI=1S/C27H32ClN7O2S.C25H26BrClN6O2S.ClH/c1-17-25(38-18(2)30-17)24-22(28)16-29-27(33-24)32-21-11-14-35(15-12-21)26(37)19-7-9-20(10-8-19)31-23(36)6-5-13-34(3)4;1-15-23(36-16(2)29-15)22-20(27)14-28-25(32-22)31-19-9-12-33(13-10-19)24(35)17-5-7-18(8-6-17)30-21(34)4-3-11-26;/h5-10,16,21H,11-15H2,1-4H3,(H,31,36)(H,29,32,33);3-8,14,19H,9-13H2,1-2H3,(H,30,34)(H,28,31,32);1H/b6-5+;4-3+;. The number of thiazole rings is 2. The molecule has 2 aliphatic heterocycles. The Kier molecular flexibility index (Phi) is 21.6. The van der Waals surface area contributed by atoms with Gasteiger partial charge in [0.1, 0.15) is 11.4 Å². The molecule has 75 heavy (non-hydrogen) atoms. The van der Waals surface area contributed by atoms with E-state index in [0.717, 1.165) is 56.8 Å². The first-order chi connectivity index (χ1) is 35.5. The van der Waals surface area contributed by atoms with E-state index in [2.05, 4.69) is 67.1 Å². The van der Waals surface area contributed by atoms with Gasteiger partial charge in [-0.1, -0.05) is 51.3 Å². The molecule has 4 aromatic heterocycles. The summed E-state index contributed by atoms with van der Waals surface area (Å²) in [5.74, 6) is 0.591. The molecule has 8 rings (SSSR count). The fourth-order valence-corrected chi connectivity index (χ4v) is 10.7. The van der Waals surface area contributed by atoms with Crippen LogP contribution in [0.2, 0.25) is 10.0 Å². The van der Waals surface area contributed by atoms with E-state index in [1.54, 1.807) is 95.8 Å². The number of piperidine rings is 2. The molecule has 6 heterocycles. The smallest absolute Gasteiger partial charge is 0.253 e. The summed E-state index contributed by atoms with van der Waals surface area (Å²) in [6, 6.07) is 14.3. The number of likely N-dealkylation sites (tertiary alicyclic amines) is 2. The van der Waals surface area contributed by atoms with Crippen LogP contribution in [0.15, 0.2) is 85.2 Å². The molecule has 0 radical (unpaired) electrons. The topological polar surface area (TPSA) is 203 Å². The second-order valence-electron chi connectivity index (χ2n) is 17.9. The van der Waals surface area contributed by atoms with Gasteiger partial charge < -0.3 is 36.0 Å². The molecule has 2 saturated heterocycles. The maximum atomic E-state index is 13.0. The van der Waals surface area contributed by atoms with Gasteiger partial charge in [0.2, 0.25) is 23.7 Å². The maximum Gasteiger partial charge on any atom is 0.253 e. The zero-order chi connectivity index (χ0) is 52.9. The van der Waals surface area contributed by atoms with Crippen molar-refractivity contribution in [1.82, 2.24) is 44.6 Å². The molecule has 0 unspecified atom stereocenters. The molecular formula is C52H59BrCl3N13O4S2. The van der Waals surface area contributed by atoms with Gasteiger partial charge in [0, 0.05) is 84.8 Å². The number of allylic oxidation sites excluding steroid dienone is 1. The van der Waals surface area contributed by atoms with E-state index in [-0.39, 0.29) is 48.1 Å². The van der Waals surface area contributed by atoms with Crippen LogP contribution in [0.5, 0.6) is 0 Å². The molecule has 17 nitrogen and oxygen atoms in total. The third-order valence-corrected chi connectivity index (χ3v) is 14.9. The molecule has 0 aliphatic carbocycles. The predicted molar refractivity (Wildman–Crippen MR) is 308 cm³/mol. The quantitative estimate of drug-likeness (QED) is 0.0559. The molecule has 396 valence electrons. The first-order valence-corrected chi connectivity index (χ1v) is 27.5. The average Bonchev–Trinajstić information content (AvgIpc) is 3.91. The first kappa shape index (κ1) is 58.4. The SMILES string of the molecule is Cc1nc(C)c(-c2nc(NC3CCN(C(=O)c4ccc(NC(=O)/C=C/CBr)cc4)CC3)ncc2Cl)s1.Cc1nc(C)c(-c2nc(NC3CCN(C(=O)c4ccc(NC(=O)/C=C/CN(C)C)cc4)CC3)ncc2Cl)s1.Cl. The molecule has 6 aromatic rings. The lowest BCUT2D eigenvalue weighted by Gasteiger charge is -2.32. The van der Waals surface area contributed by atoms with E-state index in [1.165, 1.54) is 12.2 Å². The minimum absolute atomic E-state index is 0. The summed E-state index contributed by atoms with van der Waals surface area (Å²) >= 11 is 19.1. The molecule has 0 bridgehead atoms. The lowest BCUT2D eigenvalue weighted by Crippen LogP contribution is -2.42. The van der Waals surface area contributed by atoms with Crippen LogP contribution in [0, 0.1) is 27.7 Å². The first-order valence-electron chi connectivity index (χ1n) is 23.9. The van der Waals surface area contributed by atoms with Crippen LogP contribution in [-0.2, 0) is 9.59 Å². The summed E-state index contributed by atoms with van der Waals surface area (Å²) in [6.45, 7) is 11.0. The van der Waals surface area contributed by atoms with Crippen molar-refractivity contribution in [3.8, 4) is 21.1 Å². The van der Waals surface area contributed by atoms with E-state index in [9.17, 15) is 19.2 Å². The molecule has 2 aromatic carbocycles. The molecule has 0 atom stereocenters. The number of amides is 4. The number of nitrogens with zero attached hydrogens (tertiary/aromatic N) is 9. The van der Waals surface area contributed by atoms with Crippen LogP contribution in [0.1, 0.15) is 67.8 Å². The van der Waals surface area contributed by atoms with E-state index < -0.39 is 0 Å². The number of carbonyl (C=O) groups excluding carboxylic acids is 4. The number of nitrogens with one attached hydrogen (secondary N) is 4. The second-order valence-corrected chi connectivity index (χ2v) is 21.7. The number of halogens is 4. The Morgan fingerprint density at radius 2 is 1.03 bits per heavy atom. The number of rotatable bonds is 15. The molecule has 0 spiro atoms. The van der Waals surface area contributed by atoms with Gasteiger partial charge in [-0.3, -0.25) is 19.2 Å². The Balaban J connectivity index is 0.000000241. The van der Waals surface area contributed by atoms with Crippen molar-refractivity contribution >= 4 is 121 Å². The zero-order valence-corrected chi connectivity index (χ0v) is 47.9. The number of anilines is 4. The number of hydrogen-bond donors (Lipinski definition) is 4. The van der Waals surface area contributed by atoms with E-state index in [0.29, 0.717) is 93.9 Å². The number of benzene rings is 2. The number of aromatic nitrogens is 6. The fourth-order valence-electron chi connectivity index (χ4n) is 8.16. The normalized spacial score (nSPS) is 14.1. The van der Waals surface area contributed by atoms with Crippen LogP contribution >= 0.6 is 74.2 Å². The maximum absolute atomic E-state index is 13.0.